The van der Waals surface area contributed by atoms with Crippen molar-refractivity contribution in [3.63, 3.8) is 0 Å². The Bertz CT molecular complexity index is 3860. The molecule has 0 atom stereocenters. The highest BCUT2D eigenvalue weighted by molar-refractivity contribution is 7.25. The van der Waals surface area contributed by atoms with Crippen LogP contribution in [0.1, 0.15) is 0 Å². The van der Waals surface area contributed by atoms with Crippen LogP contribution in [-0.2, 0) is 0 Å². The fourth-order valence-electron chi connectivity index (χ4n) is 9.71. The van der Waals surface area contributed by atoms with Gasteiger partial charge in [-0.25, -0.2) is 0 Å². The minimum Gasteiger partial charge on any atom is -0.455 e. The molecule has 0 bridgehead atoms. The van der Waals surface area contributed by atoms with Crippen LogP contribution in [0.3, 0.4) is 0 Å². The number of furan rings is 1. The van der Waals surface area contributed by atoms with Crippen molar-refractivity contribution < 1.29 is 4.42 Å². The number of para-hydroxylation sites is 2. The summed E-state index contributed by atoms with van der Waals surface area (Å²) in [5.41, 5.74) is 15.7. The lowest BCUT2D eigenvalue weighted by Crippen LogP contribution is -2.09. The molecule has 13 rings (SSSR count). The summed E-state index contributed by atoms with van der Waals surface area (Å²) in [6, 6.07) is 83.3. The van der Waals surface area contributed by atoms with E-state index in [9.17, 15) is 0 Å². The molecule has 0 radical (unpaired) electrons. The molecule has 300 valence electrons. The molecule has 3 aromatic heterocycles. The third-order valence-electron chi connectivity index (χ3n) is 12.8. The van der Waals surface area contributed by atoms with Crippen LogP contribution in [0.15, 0.2) is 235 Å². The van der Waals surface area contributed by atoms with Gasteiger partial charge >= 0.3 is 0 Å². The van der Waals surface area contributed by atoms with E-state index in [1.54, 1.807) is 0 Å². The van der Waals surface area contributed by atoms with Gasteiger partial charge in [-0.1, -0.05) is 140 Å². The first kappa shape index (κ1) is 36.5. The molecule has 0 saturated carbocycles. The summed E-state index contributed by atoms with van der Waals surface area (Å²) in [7, 11) is 0. The number of nitrogens with zero attached hydrogens (tertiary/aromatic N) is 2. The standard InChI is InChI=1S/C60H38N2OS/c1-2-10-39(11-3-1)40-18-27-45(28-19-40)61(47-31-24-43(25-32-47)44-26-37-58-53(38-44)50-13-6-9-17-57(50)64-58)46-29-20-41(21-30-46)42-22-33-48(34-23-42)62-54-15-7-4-14-52(54)59-55(62)36-35-51-49-12-5-8-16-56(49)63-60(51)59/h1-38H. The fourth-order valence-corrected chi connectivity index (χ4v) is 10.8. The van der Waals surface area contributed by atoms with Crippen LogP contribution in [0, 0.1) is 0 Å². The van der Waals surface area contributed by atoms with Crippen LogP contribution in [0.4, 0.5) is 17.1 Å². The van der Waals surface area contributed by atoms with E-state index in [0.717, 1.165) is 72.2 Å². The third kappa shape index (κ3) is 5.95. The molecule has 0 saturated heterocycles. The summed E-state index contributed by atoms with van der Waals surface area (Å²) in [4.78, 5) is 2.35. The van der Waals surface area contributed by atoms with E-state index in [-0.39, 0.29) is 0 Å². The molecule has 64 heavy (non-hydrogen) atoms. The van der Waals surface area contributed by atoms with Crippen molar-refractivity contribution in [2.75, 3.05) is 4.90 Å². The topological polar surface area (TPSA) is 21.3 Å². The summed E-state index contributed by atoms with van der Waals surface area (Å²) >= 11 is 1.86. The summed E-state index contributed by atoms with van der Waals surface area (Å²) in [6.07, 6.45) is 0. The molecule has 3 nitrogen and oxygen atoms in total. The highest BCUT2D eigenvalue weighted by Crippen LogP contribution is 2.42. The van der Waals surface area contributed by atoms with Crippen molar-refractivity contribution in [3.8, 4) is 39.1 Å². The van der Waals surface area contributed by atoms with Gasteiger partial charge in [0.15, 0.2) is 0 Å². The van der Waals surface area contributed by atoms with Crippen molar-refractivity contribution in [2.24, 2.45) is 0 Å². The molecule has 0 fully saturated rings. The van der Waals surface area contributed by atoms with Crippen molar-refractivity contribution in [3.05, 3.63) is 231 Å². The number of rotatable bonds is 7. The SMILES string of the molecule is c1ccc(-c2ccc(N(c3ccc(-c4ccc(-n5c6ccccc6c6c7oc8ccccc8c7ccc65)cc4)cc3)c3ccc(-c4ccc5sc6ccccc6c5c4)cc3)cc2)cc1. The summed E-state index contributed by atoms with van der Waals surface area (Å²) in [5.74, 6) is 0. The van der Waals surface area contributed by atoms with E-state index in [1.165, 1.54) is 47.8 Å². The molecular formula is C60H38N2OS. The van der Waals surface area contributed by atoms with Gasteiger partial charge in [0.25, 0.3) is 0 Å². The quantitative estimate of drug-likeness (QED) is 0.159. The lowest BCUT2D eigenvalue weighted by atomic mass is 10.0. The minimum absolute atomic E-state index is 0.913. The number of hydrogen-bond donors (Lipinski definition) is 0. The van der Waals surface area contributed by atoms with Crippen LogP contribution in [0.2, 0.25) is 0 Å². The Hall–Kier alpha value is -8.18. The molecule has 0 aliphatic rings. The average molecular weight is 835 g/mol. The Morgan fingerprint density at radius 2 is 0.859 bits per heavy atom. The molecule has 0 amide bonds. The van der Waals surface area contributed by atoms with Crippen molar-refractivity contribution in [1.29, 1.82) is 0 Å². The molecule has 0 unspecified atom stereocenters. The zero-order valence-corrected chi connectivity index (χ0v) is 35.5. The first-order valence-electron chi connectivity index (χ1n) is 21.7. The van der Waals surface area contributed by atoms with Crippen molar-refractivity contribution in [1.82, 2.24) is 4.57 Å². The monoisotopic (exact) mass is 834 g/mol. The predicted octanol–water partition coefficient (Wildman–Crippen LogP) is 17.5. The lowest BCUT2D eigenvalue weighted by Gasteiger charge is -2.26. The van der Waals surface area contributed by atoms with E-state index >= 15 is 0 Å². The summed E-state index contributed by atoms with van der Waals surface area (Å²) < 4.78 is 11.5. The average Bonchev–Trinajstić information content (AvgIpc) is 4.05. The van der Waals surface area contributed by atoms with Gasteiger partial charge in [0, 0.05) is 59.1 Å². The number of fused-ring (bicyclic) bond motifs is 10. The minimum atomic E-state index is 0.913. The highest BCUT2D eigenvalue weighted by atomic mass is 32.1. The van der Waals surface area contributed by atoms with Crippen LogP contribution in [-0.4, -0.2) is 4.57 Å². The normalized spacial score (nSPS) is 11.8. The van der Waals surface area contributed by atoms with Gasteiger partial charge in [-0.3, -0.25) is 0 Å². The smallest absolute Gasteiger partial charge is 0.145 e. The van der Waals surface area contributed by atoms with Gasteiger partial charge in [0.05, 0.1) is 16.4 Å². The molecule has 3 heterocycles. The Balaban J connectivity index is 0.849. The maximum Gasteiger partial charge on any atom is 0.145 e. The van der Waals surface area contributed by atoms with E-state index in [2.05, 4.69) is 234 Å². The van der Waals surface area contributed by atoms with Crippen molar-refractivity contribution in [2.45, 2.75) is 0 Å². The van der Waals surface area contributed by atoms with Gasteiger partial charge < -0.3 is 13.9 Å². The van der Waals surface area contributed by atoms with Gasteiger partial charge in [-0.15, -0.1) is 11.3 Å². The number of hydrogen-bond acceptors (Lipinski definition) is 3. The first-order chi connectivity index (χ1) is 31.7. The first-order valence-corrected chi connectivity index (χ1v) is 22.6. The van der Waals surface area contributed by atoms with Gasteiger partial charge in [-0.2, -0.15) is 0 Å². The van der Waals surface area contributed by atoms with Crippen LogP contribution >= 0.6 is 11.3 Å². The number of thiophene rings is 1. The molecular weight excluding hydrogens is 797 g/mol. The maximum absolute atomic E-state index is 6.54. The van der Waals surface area contributed by atoms with E-state index in [4.69, 9.17) is 4.42 Å². The van der Waals surface area contributed by atoms with Crippen LogP contribution in [0.5, 0.6) is 0 Å². The fraction of sp³-hybridized carbons (Fsp3) is 0. The molecule has 0 N–H and O–H groups in total. The predicted molar refractivity (Wildman–Crippen MR) is 272 cm³/mol. The van der Waals surface area contributed by atoms with E-state index in [1.807, 2.05) is 17.4 Å². The number of anilines is 3. The molecule has 0 spiro atoms. The van der Waals surface area contributed by atoms with Crippen LogP contribution < -0.4 is 4.90 Å². The second-order valence-corrected chi connectivity index (χ2v) is 17.6. The number of aromatic nitrogens is 1. The molecule has 10 aromatic carbocycles. The highest BCUT2D eigenvalue weighted by Gasteiger charge is 2.19. The second kappa shape index (κ2) is 14.7. The Kier molecular flexibility index (Phi) is 8.40. The van der Waals surface area contributed by atoms with E-state index in [0.29, 0.717) is 0 Å². The Morgan fingerprint density at radius 3 is 1.55 bits per heavy atom. The molecule has 13 aromatic rings. The van der Waals surface area contributed by atoms with Gasteiger partial charge in [0.1, 0.15) is 11.2 Å². The van der Waals surface area contributed by atoms with Gasteiger partial charge in [0.2, 0.25) is 0 Å². The van der Waals surface area contributed by atoms with E-state index < -0.39 is 0 Å². The Labute approximate surface area is 373 Å². The van der Waals surface area contributed by atoms with Crippen molar-refractivity contribution >= 4 is 92.3 Å². The third-order valence-corrected chi connectivity index (χ3v) is 14.0. The largest absolute Gasteiger partial charge is 0.455 e. The Morgan fingerprint density at radius 1 is 0.344 bits per heavy atom. The molecule has 0 aliphatic carbocycles. The summed E-state index contributed by atoms with van der Waals surface area (Å²) in [5, 5.41) is 7.25. The van der Waals surface area contributed by atoms with Crippen LogP contribution in [0.25, 0.3) is 103 Å². The zero-order valence-electron chi connectivity index (χ0n) is 34.7. The maximum atomic E-state index is 6.54. The van der Waals surface area contributed by atoms with Gasteiger partial charge in [-0.05, 0) is 124 Å². The molecule has 4 heteroatoms. The second-order valence-electron chi connectivity index (χ2n) is 16.5. The summed E-state index contributed by atoms with van der Waals surface area (Å²) in [6.45, 7) is 0. The number of benzene rings is 10. The zero-order chi connectivity index (χ0) is 42.1. The lowest BCUT2D eigenvalue weighted by molar-refractivity contribution is 0.673. The molecule has 0 aliphatic heterocycles.